The van der Waals surface area contributed by atoms with Crippen LogP contribution in [0.15, 0.2) is 18.2 Å². The summed E-state index contributed by atoms with van der Waals surface area (Å²) < 4.78 is 12.9. The average molecular weight is 238 g/mol. The molecular formula is C13H19FN2O. The number of hydrogen-bond acceptors (Lipinski definition) is 3. The molecule has 4 heteroatoms. The monoisotopic (exact) mass is 238 g/mol. The van der Waals surface area contributed by atoms with Crippen LogP contribution in [0, 0.1) is 11.7 Å². The van der Waals surface area contributed by atoms with E-state index < -0.39 is 0 Å². The Hall–Kier alpha value is -1.29. The van der Waals surface area contributed by atoms with Crippen molar-refractivity contribution >= 4 is 11.4 Å². The maximum atomic E-state index is 12.9. The Balaban J connectivity index is 1.88. The molecule has 1 aliphatic rings. The number of nitrogens with one attached hydrogen (secondary N) is 1. The van der Waals surface area contributed by atoms with Gasteiger partial charge in [0.1, 0.15) is 5.82 Å². The summed E-state index contributed by atoms with van der Waals surface area (Å²) in [5.74, 6) is 0.157. The number of nitrogens with two attached hydrogens (primary N) is 1. The van der Waals surface area contributed by atoms with Gasteiger partial charge < -0.3 is 16.2 Å². The Morgan fingerprint density at radius 3 is 2.94 bits per heavy atom. The molecule has 17 heavy (non-hydrogen) atoms. The summed E-state index contributed by atoms with van der Waals surface area (Å²) in [6.45, 7) is 0.785. The van der Waals surface area contributed by atoms with Gasteiger partial charge in [-0.1, -0.05) is 6.42 Å². The van der Waals surface area contributed by atoms with Crippen molar-refractivity contribution in [1.82, 2.24) is 0 Å². The quantitative estimate of drug-likeness (QED) is 0.708. The molecule has 0 amide bonds. The number of aliphatic hydroxyl groups is 1. The van der Waals surface area contributed by atoms with E-state index >= 15 is 0 Å². The van der Waals surface area contributed by atoms with Gasteiger partial charge in [0.2, 0.25) is 0 Å². The topological polar surface area (TPSA) is 58.3 Å². The lowest BCUT2D eigenvalue weighted by Gasteiger charge is -2.26. The van der Waals surface area contributed by atoms with Gasteiger partial charge in [-0.15, -0.1) is 0 Å². The zero-order valence-electron chi connectivity index (χ0n) is 9.82. The molecule has 0 heterocycles. The molecule has 0 aliphatic heterocycles. The maximum Gasteiger partial charge on any atom is 0.125 e. The summed E-state index contributed by atoms with van der Waals surface area (Å²) >= 11 is 0. The van der Waals surface area contributed by atoms with E-state index in [4.69, 9.17) is 5.73 Å². The Labute approximate surface area is 101 Å². The molecule has 3 nitrogen and oxygen atoms in total. The predicted molar refractivity (Wildman–Crippen MR) is 67.3 cm³/mol. The van der Waals surface area contributed by atoms with E-state index in [-0.39, 0.29) is 11.9 Å². The largest absolute Gasteiger partial charge is 0.397 e. The number of anilines is 2. The van der Waals surface area contributed by atoms with Crippen LogP contribution in [0.2, 0.25) is 0 Å². The van der Waals surface area contributed by atoms with Gasteiger partial charge >= 0.3 is 0 Å². The van der Waals surface area contributed by atoms with Gasteiger partial charge in [-0.2, -0.15) is 0 Å². The van der Waals surface area contributed by atoms with Crippen molar-refractivity contribution in [1.29, 1.82) is 0 Å². The number of halogens is 1. The molecule has 0 aromatic heterocycles. The van der Waals surface area contributed by atoms with Crippen molar-refractivity contribution in [2.45, 2.75) is 31.8 Å². The minimum Gasteiger partial charge on any atom is -0.397 e. The zero-order chi connectivity index (χ0) is 12.3. The highest BCUT2D eigenvalue weighted by Gasteiger charge is 2.19. The second kappa shape index (κ2) is 5.36. The highest BCUT2D eigenvalue weighted by Crippen LogP contribution is 2.26. The molecule has 2 rings (SSSR count). The van der Waals surface area contributed by atoms with E-state index in [9.17, 15) is 9.50 Å². The Kier molecular flexibility index (Phi) is 3.84. The summed E-state index contributed by atoms with van der Waals surface area (Å²) in [7, 11) is 0. The smallest absolute Gasteiger partial charge is 0.125 e. The molecule has 0 radical (unpaired) electrons. The molecule has 1 aliphatic carbocycles. The van der Waals surface area contributed by atoms with E-state index in [1.807, 2.05) is 0 Å². The fourth-order valence-electron chi connectivity index (χ4n) is 2.40. The molecule has 2 unspecified atom stereocenters. The molecule has 0 saturated heterocycles. The maximum absolute atomic E-state index is 12.9. The number of aliphatic hydroxyl groups excluding tert-OH is 1. The highest BCUT2D eigenvalue weighted by molar-refractivity contribution is 5.65. The van der Waals surface area contributed by atoms with Gasteiger partial charge in [0.15, 0.2) is 0 Å². The van der Waals surface area contributed by atoms with E-state index in [0.29, 0.717) is 11.6 Å². The standard InChI is InChI=1S/C13H19FN2O/c14-10-4-5-13(12(15)7-10)16-8-9-2-1-3-11(17)6-9/h4-5,7,9,11,16-17H,1-3,6,8,15H2. The third-order valence-electron chi connectivity index (χ3n) is 3.35. The van der Waals surface area contributed by atoms with Crippen LogP contribution in [-0.2, 0) is 0 Å². The first-order valence-electron chi connectivity index (χ1n) is 6.12. The SMILES string of the molecule is Nc1cc(F)ccc1NCC1CCCC(O)C1. The summed E-state index contributed by atoms with van der Waals surface area (Å²) in [6, 6.07) is 4.37. The summed E-state index contributed by atoms with van der Waals surface area (Å²) in [5.41, 5.74) is 6.91. The minimum absolute atomic E-state index is 0.166. The van der Waals surface area contributed by atoms with Crippen molar-refractivity contribution in [2.75, 3.05) is 17.6 Å². The van der Waals surface area contributed by atoms with Crippen molar-refractivity contribution in [3.05, 3.63) is 24.0 Å². The summed E-state index contributed by atoms with van der Waals surface area (Å²) in [4.78, 5) is 0. The van der Waals surface area contributed by atoms with Crippen molar-refractivity contribution in [2.24, 2.45) is 5.92 Å². The third-order valence-corrected chi connectivity index (χ3v) is 3.35. The number of rotatable bonds is 3. The van der Waals surface area contributed by atoms with Gasteiger partial charge in [-0.05, 0) is 43.4 Å². The van der Waals surface area contributed by atoms with Crippen LogP contribution >= 0.6 is 0 Å². The summed E-state index contributed by atoms with van der Waals surface area (Å²) in [5, 5.41) is 12.8. The number of nitrogen functional groups attached to an aromatic ring is 1. The molecule has 2 atom stereocenters. The van der Waals surface area contributed by atoms with Gasteiger partial charge in [-0.25, -0.2) is 4.39 Å². The molecule has 1 aromatic carbocycles. The lowest BCUT2D eigenvalue weighted by Crippen LogP contribution is -2.25. The fourth-order valence-corrected chi connectivity index (χ4v) is 2.40. The van der Waals surface area contributed by atoms with Crippen LogP contribution in [0.5, 0.6) is 0 Å². The van der Waals surface area contributed by atoms with E-state index in [0.717, 1.165) is 37.9 Å². The van der Waals surface area contributed by atoms with E-state index in [2.05, 4.69) is 5.32 Å². The molecule has 94 valence electrons. The van der Waals surface area contributed by atoms with E-state index in [1.165, 1.54) is 12.1 Å². The average Bonchev–Trinajstić information content (AvgIpc) is 2.28. The lowest BCUT2D eigenvalue weighted by atomic mass is 9.87. The van der Waals surface area contributed by atoms with Crippen LogP contribution < -0.4 is 11.1 Å². The van der Waals surface area contributed by atoms with Gasteiger partial charge in [-0.3, -0.25) is 0 Å². The second-order valence-electron chi connectivity index (χ2n) is 4.80. The number of hydrogen-bond donors (Lipinski definition) is 3. The molecule has 4 N–H and O–H groups in total. The third kappa shape index (κ3) is 3.33. The Morgan fingerprint density at radius 2 is 2.24 bits per heavy atom. The Bertz CT molecular complexity index is 384. The lowest BCUT2D eigenvalue weighted by molar-refractivity contribution is 0.105. The van der Waals surface area contributed by atoms with Crippen LogP contribution in [0.1, 0.15) is 25.7 Å². The van der Waals surface area contributed by atoms with Gasteiger partial charge in [0, 0.05) is 6.54 Å². The van der Waals surface area contributed by atoms with Gasteiger partial charge in [0.25, 0.3) is 0 Å². The van der Waals surface area contributed by atoms with Crippen LogP contribution in [0.3, 0.4) is 0 Å². The fraction of sp³-hybridized carbons (Fsp3) is 0.538. The normalized spacial score (nSPS) is 24.6. The predicted octanol–water partition coefficient (Wildman–Crippen LogP) is 2.37. The van der Waals surface area contributed by atoms with Gasteiger partial charge in [0.05, 0.1) is 17.5 Å². The van der Waals surface area contributed by atoms with Crippen molar-refractivity contribution < 1.29 is 9.50 Å². The molecule has 0 spiro atoms. The zero-order valence-corrected chi connectivity index (χ0v) is 9.82. The highest BCUT2D eigenvalue weighted by atomic mass is 19.1. The van der Waals surface area contributed by atoms with E-state index in [1.54, 1.807) is 6.07 Å². The molecule has 1 aromatic rings. The second-order valence-corrected chi connectivity index (χ2v) is 4.80. The molecule has 1 fully saturated rings. The molecule has 0 bridgehead atoms. The first kappa shape index (κ1) is 12.2. The van der Waals surface area contributed by atoms with Crippen LogP contribution in [-0.4, -0.2) is 17.8 Å². The van der Waals surface area contributed by atoms with Crippen molar-refractivity contribution in [3.63, 3.8) is 0 Å². The van der Waals surface area contributed by atoms with Crippen molar-refractivity contribution in [3.8, 4) is 0 Å². The molecular weight excluding hydrogens is 219 g/mol. The first-order chi connectivity index (χ1) is 8.15. The van der Waals surface area contributed by atoms with Crippen LogP contribution in [0.4, 0.5) is 15.8 Å². The first-order valence-corrected chi connectivity index (χ1v) is 6.12. The minimum atomic E-state index is -0.318. The number of benzene rings is 1. The Morgan fingerprint density at radius 1 is 1.41 bits per heavy atom. The van der Waals surface area contributed by atoms with Crippen LogP contribution in [0.25, 0.3) is 0 Å². The summed E-state index contributed by atoms with van der Waals surface area (Å²) in [6.07, 6.45) is 3.79. The molecule has 1 saturated carbocycles.